The van der Waals surface area contributed by atoms with Crippen LogP contribution in [-0.2, 0) is 11.4 Å². The molecule has 0 spiro atoms. The van der Waals surface area contributed by atoms with Crippen LogP contribution in [0.15, 0.2) is 35.8 Å². The van der Waals surface area contributed by atoms with Gasteiger partial charge in [0, 0.05) is 74.1 Å². The van der Waals surface area contributed by atoms with Crippen molar-refractivity contribution in [1.29, 1.82) is 0 Å². The number of amides is 1. The Hall–Kier alpha value is -2.59. The van der Waals surface area contributed by atoms with Crippen molar-refractivity contribution in [3.8, 4) is 0 Å². The molecule has 1 atom stereocenters. The van der Waals surface area contributed by atoms with E-state index >= 15 is 0 Å². The van der Waals surface area contributed by atoms with E-state index in [0.717, 1.165) is 85.1 Å². The van der Waals surface area contributed by atoms with Gasteiger partial charge in [-0.2, -0.15) is 0 Å². The number of likely N-dealkylation sites (tertiary alicyclic amines) is 1. The molecule has 0 bridgehead atoms. The Labute approximate surface area is 236 Å². The molecule has 2 fully saturated rings. The van der Waals surface area contributed by atoms with Gasteiger partial charge in [0.15, 0.2) is 0 Å². The fraction of sp³-hybridized carbons (Fsp3) is 0.567. The Morgan fingerprint density at radius 3 is 2.69 bits per heavy atom. The topological polar surface area (TPSA) is 84.8 Å². The summed E-state index contributed by atoms with van der Waals surface area (Å²) in [7, 11) is 0. The number of aromatic nitrogens is 2. The second-order valence-electron chi connectivity index (χ2n) is 11.1. The van der Waals surface area contributed by atoms with Gasteiger partial charge in [-0.3, -0.25) is 14.7 Å². The van der Waals surface area contributed by atoms with Crippen molar-refractivity contribution in [2.75, 3.05) is 57.3 Å². The molecule has 2 aliphatic heterocycles. The minimum atomic E-state index is -0.0524. The molecule has 2 saturated heterocycles. The fourth-order valence-corrected chi connectivity index (χ4v) is 6.75. The highest BCUT2D eigenvalue weighted by atomic mass is 32.1. The maximum absolute atomic E-state index is 13.2. The number of aliphatic hydroxyl groups is 1. The number of thiazole rings is 1. The standard InChI is InChI=1S/C30H42N6O2S/c1-22(2)30-33-25(21-39-30)26(19-27(38)31-11-16-34-12-3-4-13-34)35-14-6-15-36(18-17-35)29-24(20-37)9-8-23-7-5-10-32-28(23)29/h5,7-10,21-22,26,37H,3-4,6,11-20H2,1-2H3,(H,31,38). The summed E-state index contributed by atoms with van der Waals surface area (Å²) in [5, 5.41) is 17.7. The van der Waals surface area contributed by atoms with Crippen LogP contribution in [0.3, 0.4) is 0 Å². The Balaban J connectivity index is 1.32. The molecule has 9 heteroatoms. The summed E-state index contributed by atoms with van der Waals surface area (Å²) in [6.45, 7) is 11.6. The lowest BCUT2D eigenvalue weighted by Crippen LogP contribution is -2.38. The lowest BCUT2D eigenvalue weighted by molar-refractivity contribution is -0.122. The number of anilines is 1. The third-order valence-electron chi connectivity index (χ3n) is 7.99. The monoisotopic (exact) mass is 550 g/mol. The number of fused-ring (bicyclic) bond motifs is 1. The zero-order chi connectivity index (χ0) is 27.2. The number of rotatable bonds is 10. The van der Waals surface area contributed by atoms with Crippen molar-refractivity contribution in [3.05, 3.63) is 52.1 Å². The van der Waals surface area contributed by atoms with E-state index in [1.54, 1.807) is 11.3 Å². The predicted octanol–water partition coefficient (Wildman–Crippen LogP) is 4.16. The third kappa shape index (κ3) is 6.77. The second kappa shape index (κ2) is 13.2. The molecule has 2 N–H and O–H groups in total. The van der Waals surface area contributed by atoms with E-state index in [0.29, 0.717) is 18.9 Å². The summed E-state index contributed by atoms with van der Waals surface area (Å²) in [4.78, 5) is 30.1. The van der Waals surface area contributed by atoms with Gasteiger partial charge in [-0.1, -0.05) is 32.0 Å². The Morgan fingerprint density at radius 1 is 1.08 bits per heavy atom. The van der Waals surface area contributed by atoms with Gasteiger partial charge in [0.2, 0.25) is 5.91 Å². The third-order valence-corrected chi connectivity index (χ3v) is 9.16. The van der Waals surface area contributed by atoms with Crippen molar-refractivity contribution < 1.29 is 9.90 Å². The van der Waals surface area contributed by atoms with Crippen LogP contribution in [0.1, 0.15) is 67.8 Å². The Morgan fingerprint density at radius 2 is 1.92 bits per heavy atom. The van der Waals surface area contributed by atoms with E-state index in [9.17, 15) is 9.90 Å². The molecular weight excluding hydrogens is 508 g/mol. The maximum Gasteiger partial charge on any atom is 0.222 e. The van der Waals surface area contributed by atoms with Gasteiger partial charge < -0.3 is 20.2 Å². The van der Waals surface area contributed by atoms with Gasteiger partial charge in [-0.15, -0.1) is 11.3 Å². The summed E-state index contributed by atoms with van der Waals surface area (Å²) >= 11 is 1.70. The molecule has 0 aliphatic carbocycles. The summed E-state index contributed by atoms with van der Waals surface area (Å²) in [5.74, 6) is 0.467. The molecule has 5 rings (SSSR count). The molecule has 1 amide bonds. The van der Waals surface area contributed by atoms with Crippen LogP contribution in [0.25, 0.3) is 10.9 Å². The van der Waals surface area contributed by atoms with E-state index in [2.05, 4.69) is 50.3 Å². The molecule has 0 saturated carbocycles. The second-order valence-corrected chi connectivity index (χ2v) is 12.0. The quantitative estimate of drug-likeness (QED) is 0.392. The number of aliphatic hydroxyl groups excluding tert-OH is 1. The van der Waals surface area contributed by atoms with Crippen molar-refractivity contribution in [1.82, 2.24) is 25.1 Å². The molecule has 4 heterocycles. The highest BCUT2D eigenvalue weighted by Crippen LogP contribution is 2.33. The zero-order valence-electron chi connectivity index (χ0n) is 23.3. The van der Waals surface area contributed by atoms with Gasteiger partial charge >= 0.3 is 0 Å². The normalized spacial score (nSPS) is 18.1. The summed E-state index contributed by atoms with van der Waals surface area (Å²) < 4.78 is 0. The first-order valence-corrected chi connectivity index (χ1v) is 15.3. The number of pyridine rings is 1. The van der Waals surface area contributed by atoms with E-state index in [1.807, 2.05) is 24.4 Å². The minimum absolute atomic E-state index is 0.0148. The molecule has 8 nitrogen and oxygen atoms in total. The van der Waals surface area contributed by atoms with Crippen molar-refractivity contribution >= 4 is 33.8 Å². The SMILES string of the molecule is CC(C)c1nc(C(CC(=O)NCCN2CCCC2)N2CCCN(c3c(CO)ccc4cccnc34)CC2)cs1. The highest BCUT2D eigenvalue weighted by molar-refractivity contribution is 7.09. The molecule has 39 heavy (non-hydrogen) atoms. The summed E-state index contributed by atoms with van der Waals surface area (Å²) in [5.41, 5.74) is 3.89. The van der Waals surface area contributed by atoms with Crippen LogP contribution < -0.4 is 10.2 Å². The molecule has 2 aliphatic rings. The first-order valence-electron chi connectivity index (χ1n) is 14.4. The average Bonchev–Trinajstić information content (AvgIpc) is 3.60. The molecule has 210 valence electrons. The predicted molar refractivity (Wildman–Crippen MR) is 158 cm³/mol. The number of nitrogens with zero attached hydrogens (tertiary/aromatic N) is 5. The van der Waals surface area contributed by atoms with Crippen molar-refractivity contribution in [3.63, 3.8) is 0 Å². The first kappa shape index (κ1) is 28.0. The zero-order valence-corrected chi connectivity index (χ0v) is 24.1. The van der Waals surface area contributed by atoms with Crippen molar-refractivity contribution in [2.45, 2.75) is 58.1 Å². The minimum Gasteiger partial charge on any atom is -0.392 e. The number of carbonyl (C=O) groups is 1. The van der Waals surface area contributed by atoms with Gasteiger partial charge in [0.05, 0.1) is 34.6 Å². The van der Waals surface area contributed by atoms with Crippen molar-refractivity contribution in [2.24, 2.45) is 0 Å². The maximum atomic E-state index is 13.2. The molecular formula is C30H42N6O2S. The first-order chi connectivity index (χ1) is 19.0. The lowest BCUT2D eigenvalue weighted by Gasteiger charge is -2.30. The molecule has 1 unspecified atom stereocenters. The molecule has 1 aromatic carbocycles. The van der Waals surface area contributed by atoms with E-state index in [-0.39, 0.29) is 18.6 Å². The van der Waals surface area contributed by atoms with Crippen LogP contribution >= 0.6 is 11.3 Å². The number of nitrogens with one attached hydrogen (secondary N) is 1. The van der Waals surface area contributed by atoms with Crippen LogP contribution in [-0.4, -0.2) is 83.1 Å². The average molecular weight is 551 g/mol. The number of carbonyl (C=O) groups excluding carboxylic acids is 1. The van der Waals surface area contributed by atoms with Crippen LogP contribution in [0.2, 0.25) is 0 Å². The lowest BCUT2D eigenvalue weighted by atomic mass is 10.1. The molecule has 3 aromatic rings. The summed E-state index contributed by atoms with van der Waals surface area (Å²) in [6, 6.07) is 8.02. The largest absolute Gasteiger partial charge is 0.392 e. The fourth-order valence-electron chi connectivity index (χ4n) is 5.87. The number of hydrogen-bond donors (Lipinski definition) is 2. The number of benzene rings is 1. The van der Waals surface area contributed by atoms with Crippen LogP contribution in [0.4, 0.5) is 5.69 Å². The summed E-state index contributed by atoms with van der Waals surface area (Å²) in [6.07, 6.45) is 5.72. The van der Waals surface area contributed by atoms with Gasteiger partial charge in [-0.05, 0) is 38.4 Å². The van der Waals surface area contributed by atoms with E-state index in [4.69, 9.17) is 4.98 Å². The number of hydrogen-bond acceptors (Lipinski definition) is 8. The molecule has 2 aromatic heterocycles. The van der Waals surface area contributed by atoms with Crippen LogP contribution in [0, 0.1) is 0 Å². The van der Waals surface area contributed by atoms with Crippen LogP contribution in [0.5, 0.6) is 0 Å². The Bertz CT molecular complexity index is 1240. The Kier molecular flexibility index (Phi) is 9.45. The van der Waals surface area contributed by atoms with Gasteiger partial charge in [0.25, 0.3) is 0 Å². The molecule has 0 radical (unpaired) electrons. The van der Waals surface area contributed by atoms with Gasteiger partial charge in [-0.25, -0.2) is 4.98 Å². The smallest absolute Gasteiger partial charge is 0.222 e. The van der Waals surface area contributed by atoms with E-state index < -0.39 is 0 Å². The van der Waals surface area contributed by atoms with Gasteiger partial charge in [0.1, 0.15) is 0 Å². The highest BCUT2D eigenvalue weighted by Gasteiger charge is 2.29. The van der Waals surface area contributed by atoms with E-state index in [1.165, 1.54) is 12.8 Å².